The van der Waals surface area contributed by atoms with Gasteiger partial charge in [-0.2, -0.15) is 0 Å². The van der Waals surface area contributed by atoms with Crippen LogP contribution in [0, 0.1) is 12.7 Å². The number of anilines is 1. The molecule has 5 nitrogen and oxygen atoms in total. The molecule has 1 heterocycles. The molecule has 0 aliphatic heterocycles. The number of carbonyl (C=O) groups excluding carboxylic acids is 1. The van der Waals surface area contributed by atoms with E-state index >= 15 is 0 Å². The largest absolute Gasteiger partial charge is 0.370 e. The molecule has 2 N–H and O–H groups in total. The third-order valence-electron chi connectivity index (χ3n) is 3.62. The van der Waals surface area contributed by atoms with E-state index in [4.69, 9.17) is 0 Å². The monoisotopic (exact) mass is 314 g/mol. The van der Waals surface area contributed by atoms with Gasteiger partial charge < -0.3 is 10.6 Å². The van der Waals surface area contributed by atoms with Crippen molar-refractivity contribution in [2.24, 2.45) is 0 Å². The maximum atomic E-state index is 12.9. The molecule has 0 spiro atoms. The van der Waals surface area contributed by atoms with E-state index in [0.29, 0.717) is 29.9 Å². The van der Waals surface area contributed by atoms with Gasteiger partial charge in [0.15, 0.2) is 0 Å². The molecular formula is C17H19FN4O. The Balaban J connectivity index is 1.59. The van der Waals surface area contributed by atoms with Crippen LogP contribution in [0.4, 0.5) is 10.2 Å². The second-order valence-electron chi connectivity index (χ2n) is 5.74. The summed E-state index contributed by atoms with van der Waals surface area (Å²) < 4.78 is 12.9. The van der Waals surface area contributed by atoms with E-state index in [-0.39, 0.29) is 11.7 Å². The fourth-order valence-electron chi connectivity index (χ4n) is 2.25. The van der Waals surface area contributed by atoms with Gasteiger partial charge in [0.25, 0.3) is 5.91 Å². The first-order valence-electron chi connectivity index (χ1n) is 7.75. The van der Waals surface area contributed by atoms with Crippen molar-refractivity contribution < 1.29 is 9.18 Å². The molecular weight excluding hydrogens is 295 g/mol. The van der Waals surface area contributed by atoms with Crippen molar-refractivity contribution in [1.82, 2.24) is 15.3 Å². The molecule has 0 saturated heterocycles. The fourth-order valence-corrected chi connectivity index (χ4v) is 2.25. The second-order valence-corrected chi connectivity index (χ2v) is 5.74. The average Bonchev–Trinajstić information content (AvgIpc) is 3.33. The Morgan fingerprint density at radius 1 is 1.26 bits per heavy atom. The number of aromatic nitrogens is 2. The summed E-state index contributed by atoms with van der Waals surface area (Å²) in [5.74, 6) is 0.789. The molecule has 1 saturated carbocycles. The number of hydrogen-bond donors (Lipinski definition) is 2. The topological polar surface area (TPSA) is 66.9 Å². The molecule has 1 aromatic carbocycles. The number of carbonyl (C=O) groups is 1. The molecule has 1 aliphatic carbocycles. The zero-order valence-corrected chi connectivity index (χ0v) is 13.0. The summed E-state index contributed by atoms with van der Waals surface area (Å²) in [6.07, 6.45) is 2.82. The number of rotatable bonds is 6. The van der Waals surface area contributed by atoms with Gasteiger partial charge in [-0.1, -0.05) is 12.1 Å². The Morgan fingerprint density at radius 2 is 2.00 bits per heavy atom. The summed E-state index contributed by atoms with van der Waals surface area (Å²) in [6.45, 7) is 2.41. The van der Waals surface area contributed by atoms with Gasteiger partial charge in [-0.15, -0.1) is 0 Å². The van der Waals surface area contributed by atoms with Gasteiger partial charge in [0.2, 0.25) is 0 Å². The van der Waals surface area contributed by atoms with Crippen LogP contribution in [0.1, 0.15) is 34.7 Å². The number of nitrogens with one attached hydrogen (secondary N) is 2. The highest BCUT2D eigenvalue weighted by Crippen LogP contribution is 2.19. The number of halogens is 1. The molecule has 0 unspecified atom stereocenters. The normalized spacial score (nSPS) is 13.7. The number of hydrogen-bond acceptors (Lipinski definition) is 4. The van der Waals surface area contributed by atoms with Crippen LogP contribution in [0.3, 0.4) is 0 Å². The third kappa shape index (κ3) is 4.48. The molecule has 23 heavy (non-hydrogen) atoms. The highest BCUT2D eigenvalue weighted by molar-refractivity contribution is 5.93. The zero-order chi connectivity index (χ0) is 16.2. The Hall–Kier alpha value is -2.50. The van der Waals surface area contributed by atoms with Gasteiger partial charge in [0.05, 0.1) is 0 Å². The smallest absolute Gasteiger partial charge is 0.270 e. The average molecular weight is 314 g/mol. The van der Waals surface area contributed by atoms with Gasteiger partial charge in [0.1, 0.15) is 23.2 Å². The molecule has 1 aromatic heterocycles. The summed E-state index contributed by atoms with van der Waals surface area (Å²) in [5, 5.41) is 6.11. The number of aryl methyl sites for hydroxylation is 1. The van der Waals surface area contributed by atoms with Gasteiger partial charge in [-0.25, -0.2) is 14.4 Å². The Morgan fingerprint density at radius 3 is 2.70 bits per heavy atom. The lowest BCUT2D eigenvalue weighted by atomic mass is 10.1. The minimum atomic E-state index is -0.237. The number of amides is 1. The SMILES string of the molecule is Cc1nc(NCCc2ccc(F)cc2)cc(C(=O)NC2CC2)n1. The molecule has 1 amide bonds. The lowest BCUT2D eigenvalue weighted by molar-refractivity contribution is 0.0945. The first-order valence-corrected chi connectivity index (χ1v) is 7.75. The van der Waals surface area contributed by atoms with Crippen LogP contribution in [0.15, 0.2) is 30.3 Å². The van der Waals surface area contributed by atoms with Crippen molar-refractivity contribution in [1.29, 1.82) is 0 Å². The highest BCUT2D eigenvalue weighted by atomic mass is 19.1. The maximum absolute atomic E-state index is 12.9. The predicted octanol–water partition coefficient (Wildman–Crippen LogP) is 2.47. The summed E-state index contributed by atoms with van der Waals surface area (Å²) in [6, 6.07) is 8.38. The Bertz CT molecular complexity index is 698. The van der Waals surface area contributed by atoms with Crippen LogP contribution in [0.25, 0.3) is 0 Å². The van der Waals surface area contributed by atoms with Crippen LogP contribution < -0.4 is 10.6 Å². The molecule has 0 atom stereocenters. The van der Waals surface area contributed by atoms with Crippen molar-refractivity contribution >= 4 is 11.7 Å². The lowest BCUT2D eigenvalue weighted by Crippen LogP contribution is -2.26. The molecule has 2 aromatic rings. The van der Waals surface area contributed by atoms with Crippen LogP contribution in [0.5, 0.6) is 0 Å². The van der Waals surface area contributed by atoms with Crippen molar-refractivity contribution in [3.63, 3.8) is 0 Å². The van der Waals surface area contributed by atoms with E-state index in [9.17, 15) is 9.18 Å². The van der Waals surface area contributed by atoms with Crippen molar-refractivity contribution in [2.45, 2.75) is 32.2 Å². The van der Waals surface area contributed by atoms with E-state index < -0.39 is 0 Å². The van der Waals surface area contributed by atoms with Gasteiger partial charge >= 0.3 is 0 Å². The number of benzene rings is 1. The minimum absolute atomic E-state index is 0.153. The van der Waals surface area contributed by atoms with E-state index in [1.807, 2.05) is 0 Å². The van der Waals surface area contributed by atoms with Crippen LogP contribution >= 0.6 is 0 Å². The Labute approximate surface area is 134 Å². The summed E-state index contributed by atoms with van der Waals surface area (Å²) in [5.41, 5.74) is 1.42. The minimum Gasteiger partial charge on any atom is -0.370 e. The molecule has 0 radical (unpaired) electrons. The number of nitrogens with zero attached hydrogens (tertiary/aromatic N) is 2. The standard InChI is InChI=1S/C17H19FN4O/c1-11-20-15(17(23)22-14-6-7-14)10-16(21-11)19-9-8-12-2-4-13(18)5-3-12/h2-5,10,14H,6-9H2,1H3,(H,22,23)(H,19,20,21). The lowest BCUT2D eigenvalue weighted by Gasteiger charge is -2.09. The molecule has 120 valence electrons. The summed E-state index contributed by atoms with van der Waals surface area (Å²) in [7, 11) is 0. The van der Waals surface area contributed by atoms with Gasteiger partial charge in [-0.3, -0.25) is 4.79 Å². The second kappa shape index (κ2) is 6.73. The molecule has 6 heteroatoms. The fraction of sp³-hybridized carbons (Fsp3) is 0.353. The van der Waals surface area contributed by atoms with Crippen LogP contribution in [0.2, 0.25) is 0 Å². The molecule has 0 bridgehead atoms. The zero-order valence-electron chi connectivity index (χ0n) is 13.0. The van der Waals surface area contributed by atoms with E-state index in [0.717, 1.165) is 24.8 Å². The quantitative estimate of drug-likeness (QED) is 0.859. The summed E-state index contributed by atoms with van der Waals surface area (Å²) >= 11 is 0. The molecule has 1 fully saturated rings. The van der Waals surface area contributed by atoms with Crippen molar-refractivity contribution in [3.8, 4) is 0 Å². The third-order valence-corrected chi connectivity index (χ3v) is 3.62. The van der Waals surface area contributed by atoms with Crippen LogP contribution in [-0.4, -0.2) is 28.5 Å². The molecule has 1 aliphatic rings. The van der Waals surface area contributed by atoms with Crippen LogP contribution in [-0.2, 0) is 6.42 Å². The highest BCUT2D eigenvalue weighted by Gasteiger charge is 2.24. The first kappa shape index (κ1) is 15.4. The van der Waals surface area contributed by atoms with Gasteiger partial charge in [0, 0.05) is 18.7 Å². The van der Waals surface area contributed by atoms with Gasteiger partial charge in [-0.05, 0) is 43.9 Å². The van der Waals surface area contributed by atoms with E-state index in [2.05, 4.69) is 20.6 Å². The summed E-state index contributed by atoms with van der Waals surface area (Å²) in [4.78, 5) is 20.5. The first-order chi connectivity index (χ1) is 11.1. The maximum Gasteiger partial charge on any atom is 0.270 e. The molecule has 3 rings (SSSR count). The van der Waals surface area contributed by atoms with Crippen molar-refractivity contribution in [2.75, 3.05) is 11.9 Å². The van der Waals surface area contributed by atoms with Crippen molar-refractivity contribution in [3.05, 3.63) is 53.2 Å². The van der Waals surface area contributed by atoms with E-state index in [1.54, 1.807) is 25.1 Å². The van der Waals surface area contributed by atoms with E-state index in [1.165, 1.54) is 12.1 Å². The Kier molecular flexibility index (Phi) is 4.50. The predicted molar refractivity (Wildman–Crippen MR) is 85.9 cm³/mol.